The molecule has 0 aliphatic rings. The fourth-order valence-electron chi connectivity index (χ4n) is 1.43. The average Bonchev–Trinajstić information content (AvgIpc) is 2.40. The van der Waals surface area contributed by atoms with E-state index in [1.807, 2.05) is 0 Å². The van der Waals surface area contributed by atoms with Gasteiger partial charge in [0.05, 0.1) is 6.04 Å². The summed E-state index contributed by atoms with van der Waals surface area (Å²) in [6, 6.07) is 3.88. The molecule has 0 radical (unpaired) electrons. The molecule has 0 aliphatic carbocycles. The minimum atomic E-state index is -0.968. The molecule has 0 fully saturated rings. The summed E-state index contributed by atoms with van der Waals surface area (Å²) in [5, 5.41) is 12.6. The Labute approximate surface area is 111 Å². The van der Waals surface area contributed by atoms with E-state index in [1.165, 1.54) is 19.1 Å². The van der Waals surface area contributed by atoms with E-state index < -0.39 is 12.1 Å². The summed E-state index contributed by atoms with van der Waals surface area (Å²) >= 11 is 0. The summed E-state index contributed by atoms with van der Waals surface area (Å²) < 4.78 is 12.8. The van der Waals surface area contributed by atoms with E-state index in [0.29, 0.717) is 5.06 Å². The molecule has 19 heavy (non-hydrogen) atoms. The van der Waals surface area contributed by atoms with Crippen molar-refractivity contribution in [3.63, 3.8) is 0 Å². The van der Waals surface area contributed by atoms with Gasteiger partial charge in [0, 0.05) is 0 Å². The van der Waals surface area contributed by atoms with Crippen LogP contribution in [0.2, 0.25) is 0 Å². The summed E-state index contributed by atoms with van der Waals surface area (Å²) in [7, 11) is 1.71. The van der Waals surface area contributed by atoms with Crippen molar-refractivity contribution in [2.75, 3.05) is 7.05 Å². The van der Waals surface area contributed by atoms with Gasteiger partial charge >= 0.3 is 6.03 Å². The SMILES string of the molecule is CNC(C#CC(C)N(O)C(N)=O)c1ccc(F)cc1. The fraction of sp³-hybridized carbons (Fsp3) is 0.308. The predicted octanol–water partition coefficient (Wildman–Crippen LogP) is 1.25. The number of benzene rings is 1. The van der Waals surface area contributed by atoms with E-state index in [1.54, 1.807) is 19.2 Å². The number of nitrogens with two attached hydrogens (primary N) is 1. The quantitative estimate of drug-likeness (QED) is 0.437. The van der Waals surface area contributed by atoms with E-state index in [9.17, 15) is 14.4 Å². The first-order valence-electron chi connectivity index (χ1n) is 5.67. The van der Waals surface area contributed by atoms with Crippen molar-refractivity contribution in [3.8, 4) is 11.8 Å². The number of rotatable bonds is 3. The molecule has 0 saturated carbocycles. The first-order chi connectivity index (χ1) is 8.95. The molecule has 6 heteroatoms. The van der Waals surface area contributed by atoms with Gasteiger partial charge in [-0.1, -0.05) is 24.0 Å². The van der Waals surface area contributed by atoms with Gasteiger partial charge in [-0.25, -0.2) is 9.18 Å². The average molecular weight is 265 g/mol. The predicted molar refractivity (Wildman–Crippen MR) is 68.6 cm³/mol. The van der Waals surface area contributed by atoms with Crippen molar-refractivity contribution >= 4 is 6.03 Å². The molecule has 0 aliphatic heterocycles. The monoisotopic (exact) mass is 265 g/mol. The van der Waals surface area contributed by atoms with Crippen LogP contribution in [-0.4, -0.2) is 29.4 Å². The van der Waals surface area contributed by atoms with Crippen LogP contribution in [0.5, 0.6) is 0 Å². The zero-order chi connectivity index (χ0) is 14.4. The lowest BCUT2D eigenvalue weighted by molar-refractivity contribution is -0.0537. The Morgan fingerprint density at radius 1 is 1.42 bits per heavy atom. The normalized spacial score (nSPS) is 13.1. The van der Waals surface area contributed by atoms with Crippen molar-refractivity contribution in [1.29, 1.82) is 0 Å². The molecule has 0 spiro atoms. The Morgan fingerprint density at radius 2 is 2.00 bits per heavy atom. The van der Waals surface area contributed by atoms with Gasteiger partial charge in [0.15, 0.2) is 0 Å². The third kappa shape index (κ3) is 4.25. The van der Waals surface area contributed by atoms with Gasteiger partial charge in [0.25, 0.3) is 0 Å². The Morgan fingerprint density at radius 3 is 2.47 bits per heavy atom. The Kier molecular flexibility index (Phi) is 5.30. The number of halogens is 1. The number of amides is 2. The van der Waals surface area contributed by atoms with Crippen LogP contribution in [0.4, 0.5) is 9.18 Å². The minimum Gasteiger partial charge on any atom is -0.350 e. The summed E-state index contributed by atoms with van der Waals surface area (Å²) in [6.45, 7) is 1.54. The van der Waals surface area contributed by atoms with Crippen molar-refractivity contribution in [2.24, 2.45) is 5.73 Å². The second-order valence-corrected chi connectivity index (χ2v) is 3.92. The van der Waals surface area contributed by atoms with Crippen LogP contribution in [0.3, 0.4) is 0 Å². The molecule has 0 heterocycles. The molecule has 2 amide bonds. The molecule has 5 nitrogen and oxygen atoms in total. The Hall–Kier alpha value is -2.10. The van der Waals surface area contributed by atoms with Gasteiger partial charge < -0.3 is 11.1 Å². The number of nitrogens with zero attached hydrogens (tertiary/aromatic N) is 1. The molecule has 102 valence electrons. The van der Waals surface area contributed by atoms with Crippen LogP contribution in [-0.2, 0) is 0 Å². The highest BCUT2D eigenvalue weighted by atomic mass is 19.1. The number of nitrogens with one attached hydrogen (secondary N) is 1. The maximum absolute atomic E-state index is 12.8. The topological polar surface area (TPSA) is 78.6 Å². The Bertz CT molecular complexity index is 493. The number of carbonyl (C=O) groups excluding carboxylic acids is 1. The lowest BCUT2D eigenvalue weighted by Gasteiger charge is -2.15. The Balaban J connectivity index is 2.83. The first kappa shape index (κ1) is 15.0. The summed E-state index contributed by atoms with van der Waals surface area (Å²) in [6.07, 6.45) is 0. The van der Waals surface area contributed by atoms with Crippen molar-refractivity contribution in [1.82, 2.24) is 10.4 Å². The van der Waals surface area contributed by atoms with Crippen LogP contribution in [0.15, 0.2) is 24.3 Å². The fourth-order valence-corrected chi connectivity index (χ4v) is 1.43. The highest BCUT2D eigenvalue weighted by Gasteiger charge is 2.12. The van der Waals surface area contributed by atoms with Crippen molar-refractivity contribution in [3.05, 3.63) is 35.6 Å². The molecule has 1 aromatic rings. The number of urea groups is 1. The molecular weight excluding hydrogens is 249 g/mol. The molecule has 1 aromatic carbocycles. The summed E-state index contributed by atoms with van der Waals surface area (Å²) in [5.41, 5.74) is 5.70. The van der Waals surface area contributed by atoms with Crippen LogP contribution in [0, 0.1) is 17.7 Å². The highest BCUT2D eigenvalue weighted by molar-refractivity contribution is 5.71. The van der Waals surface area contributed by atoms with Crippen LogP contribution in [0.1, 0.15) is 18.5 Å². The van der Waals surface area contributed by atoms with Crippen LogP contribution in [0.25, 0.3) is 0 Å². The van der Waals surface area contributed by atoms with Crippen molar-refractivity contribution in [2.45, 2.75) is 19.0 Å². The molecule has 1 rings (SSSR count). The second-order valence-electron chi connectivity index (χ2n) is 3.92. The lowest BCUT2D eigenvalue weighted by atomic mass is 10.1. The number of hydroxylamine groups is 2. The van der Waals surface area contributed by atoms with Crippen molar-refractivity contribution < 1.29 is 14.4 Å². The number of hydrogen-bond donors (Lipinski definition) is 3. The maximum atomic E-state index is 12.8. The summed E-state index contributed by atoms with van der Waals surface area (Å²) in [4.78, 5) is 10.7. The van der Waals surface area contributed by atoms with E-state index in [2.05, 4.69) is 17.2 Å². The van der Waals surface area contributed by atoms with Crippen LogP contribution >= 0.6 is 0 Å². The molecule has 2 atom stereocenters. The van der Waals surface area contributed by atoms with E-state index in [0.717, 1.165) is 5.56 Å². The van der Waals surface area contributed by atoms with Gasteiger partial charge in [0.1, 0.15) is 11.9 Å². The smallest absolute Gasteiger partial charge is 0.339 e. The molecule has 0 aromatic heterocycles. The van der Waals surface area contributed by atoms with Gasteiger partial charge in [-0.15, -0.1) is 0 Å². The largest absolute Gasteiger partial charge is 0.350 e. The number of carbonyl (C=O) groups is 1. The van der Waals surface area contributed by atoms with Gasteiger partial charge in [-0.3, -0.25) is 5.21 Å². The molecular formula is C13H16FN3O2. The minimum absolute atomic E-state index is 0.324. The second kappa shape index (κ2) is 6.73. The number of primary amides is 1. The molecule has 4 N–H and O–H groups in total. The highest BCUT2D eigenvalue weighted by Crippen LogP contribution is 2.12. The molecule has 0 bridgehead atoms. The zero-order valence-electron chi connectivity index (χ0n) is 10.7. The van der Waals surface area contributed by atoms with Crippen LogP contribution < -0.4 is 11.1 Å². The van der Waals surface area contributed by atoms with Gasteiger partial charge in [-0.05, 0) is 31.7 Å². The third-order valence-corrected chi connectivity index (χ3v) is 2.52. The first-order valence-corrected chi connectivity index (χ1v) is 5.67. The van der Waals surface area contributed by atoms with E-state index in [4.69, 9.17) is 5.73 Å². The molecule has 0 saturated heterocycles. The standard InChI is InChI=1S/C13H16FN3O2/c1-9(17(19)13(15)18)3-8-12(16-2)10-4-6-11(14)7-5-10/h4-7,9,12,16,19H,1-2H3,(H2,15,18). The van der Waals surface area contributed by atoms with Gasteiger partial charge in [0.2, 0.25) is 0 Å². The van der Waals surface area contributed by atoms with E-state index >= 15 is 0 Å². The third-order valence-electron chi connectivity index (χ3n) is 2.52. The van der Waals surface area contributed by atoms with E-state index in [-0.39, 0.29) is 11.9 Å². The van der Waals surface area contributed by atoms with Gasteiger partial charge in [-0.2, -0.15) is 5.06 Å². The zero-order valence-corrected chi connectivity index (χ0v) is 10.7. The maximum Gasteiger partial charge on any atom is 0.339 e. The summed E-state index contributed by atoms with van der Waals surface area (Å²) in [5.74, 6) is 5.22. The number of hydrogen-bond acceptors (Lipinski definition) is 3. The lowest BCUT2D eigenvalue weighted by Crippen LogP contribution is -2.38. The molecule has 2 unspecified atom stereocenters.